The quantitative estimate of drug-likeness (QED) is 0.429. The van der Waals surface area contributed by atoms with Crippen LogP contribution in [0.4, 0.5) is 0 Å². The summed E-state index contributed by atoms with van der Waals surface area (Å²) in [4.78, 5) is 24.6. The topological polar surface area (TPSA) is 43.4 Å². The average Bonchev–Trinajstić information content (AvgIpc) is 2.50. The predicted octanol–water partition coefficient (Wildman–Crippen LogP) is 2.36. The first-order chi connectivity index (χ1) is 8.07. The third-order valence-electron chi connectivity index (χ3n) is 4.52. The van der Waals surface area contributed by atoms with Gasteiger partial charge in [0.1, 0.15) is 5.41 Å². The van der Waals surface area contributed by atoms with Crippen molar-refractivity contribution in [2.75, 3.05) is 6.61 Å². The van der Waals surface area contributed by atoms with Gasteiger partial charge in [0, 0.05) is 11.8 Å². The van der Waals surface area contributed by atoms with Gasteiger partial charge in [-0.2, -0.15) is 0 Å². The van der Waals surface area contributed by atoms with Crippen molar-refractivity contribution in [3.8, 4) is 0 Å². The van der Waals surface area contributed by atoms with Gasteiger partial charge >= 0.3 is 5.97 Å². The van der Waals surface area contributed by atoms with Crippen LogP contribution in [0.25, 0.3) is 0 Å². The molecule has 0 aromatic carbocycles. The molecule has 0 heterocycles. The van der Waals surface area contributed by atoms with Crippen LogP contribution in [0, 0.1) is 23.2 Å². The second-order valence-electron chi connectivity index (χ2n) is 5.26. The predicted molar refractivity (Wildman–Crippen MR) is 64.3 cm³/mol. The maximum absolute atomic E-state index is 12.5. The molecule has 2 aliphatic rings. The van der Waals surface area contributed by atoms with Crippen LogP contribution < -0.4 is 0 Å². The molecule has 94 valence electrons. The Hall–Kier alpha value is -1.12. The molecule has 2 bridgehead atoms. The zero-order chi connectivity index (χ0) is 12.6. The highest BCUT2D eigenvalue weighted by molar-refractivity contribution is 6.07. The van der Waals surface area contributed by atoms with E-state index in [2.05, 4.69) is 13.5 Å². The summed E-state index contributed by atoms with van der Waals surface area (Å²) in [6.07, 6.45) is 4.09. The lowest BCUT2D eigenvalue weighted by molar-refractivity contribution is -0.163. The van der Waals surface area contributed by atoms with Crippen molar-refractivity contribution in [3.05, 3.63) is 12.7 Å². The van der Waals surface area contributed by atoms with Crippen LogP contribution in [-0.2, 0) is 14.3 Å². The van der Waals surface area contributed by atoms with E-state index in [-0.39, 0.29) is 23.6 Å². The van der Waals surface area contributed by atoms with E-state index in [4.69, 9.17) is 4.74 Å². The Balaban J connectivity index is 2.38. The Labute approximate surface area is 102 Å². The molecular formula is C14H20O3. The van der Waals surface area contributed by atoms with Crippen LogP contribution in [0.3, 0.4) is 0 Å². The van der Waals surface area contributed by atoms with Crippen LogP contribution in [-0.4, -0.2) is 18.4 Å². The fraction of sp³-hybridized carbons (Fsp3) is 0.714. The summed E-state index contributed by atoms with van der Waals surface area (Å²) in [5, 5.41) is 0. The van der Waals surface area contributed by atoms with Gasteiger partial charge in [0.25, 0.3) is 0 Å². The van der Waals surface area contributed by atoms with E-state index in [9.17, 15) is 9.59 Å². The highest BCUT2D eigenvalue weighted by atomic mass is 16.5. The van der Waals surface area contributed by atoms with E-state index >= 15 is 0 Å². The first kappa shape index (κ1) is 12.3. The minimum absolute atomic E-state index is 0.0242. The SMILES string of the molecule is C=C[C@@H]1C[C@H]2C(=O)[C@@]1(C(=O)OCC)CC[C@H]2C. The minimum atomic E-state index is -0.908. The third kappa shape index (κ3) is 1.55. The monoisotopic (exact) mass is 236 g/mol. The molecule has 4 atom stereocenters. The molecule has 0 saturated heterocycles. The molecule has 0 spiro atoms. The summed E-state index contributed by atoms with van der Waals surface area (Å²) in [6, 6.07) is 0. The van der Waals surface area contributed by atoms with E-state index < -0.39 is 5.41 Å². The maximum Gasteiger partial charge on any atom is 0.320 e. The molecule has 0 aromatic rings. The lowest BCUT2D eigenvalue weighted by Gasteiger charge is -2.34. The number of hydrogen-bond acceptors (Lipinski definition) is 3. The Kier molecular flexibility index (Phi) is 3.11. The van der Waals surface area contributed by atoms with Crippen LogP contribution in [0.5, 0.6) is 0 Å². The molecule has 0 amide bonds. The molecule has 2 aliphatic carbocycles. The first-order valence-electron chi connectivity index (χ1n) is 6.42. The molecule has 0 radical (unpaired) electrons. The van der Waals surface area contributed by atoms with Crippen LogP contribution in [0.1, 0.15) is 33.1 Å². The van der Waals surface area contributed by atoms with Gasteiger partial charge in [-0.1, -0.05) is 13.0 Å². The number of esters is 1. The average molecular weight is 236 g/mol. The summed E-state index contributed by atoms with van der Waals surface area (Å²) in [5.74, 6) is 0.138. The van der Waals surface area contributed by atoms with Crippen molar-refractivity contribution in [2.45, 2.75) is 33.1 Å². The van der Waals surface area contributed by atoms with Gasteiger partial charge in [-0.25, -0.2) is 0 Å². The standard InChI is InChI=1S/C14H20O3/c1-4-10-8-11-9(3)6-7-14(10,12(11)15)13(16)17-5-2/h4,9-11H,1,5-8H2,2-3H3/t9-,10-,11-,14-/m1/s1. The van der Waals surface area contributed by atoms with E-state index in [0.29, 0.717) is 18.9 Å². The smallest absolute Gasteiger partial charge is 0.320 e. The fourth-order valence-corrected chi connectivity index (χ4v) is 3.46. The van der Waals surface area contributed by atoms with E-state index in [1.807, 2.05) is 0 Å². The number of allylic oxidation sites excluding steroid dienone is 1. The first-order valence-corrected chi connectivity index (χ1v) is 6.42. The van der Waals surface area contributed by atoms with Crippen molar-refractivity contribution in [3.63, 3.8) is 0 Å². The minimum Gasteiger partial charge on any atom is -0.465 e. The lowest BCUT2D eigenvalue weighted by atomic mass is 9.68. The number of carbonyl (C=O) groups is 2. The summed E-state index contributed by atoms with van der Waals surface area (Å²) in [7, 11) is 0. The van der Waals surface area contributed by atoms with Crippen molar-refractivity contribution >= 4 is 11.8 Å². The highest BCUT2D eigenvalue weighted by Crippen LogP contribution is 2.55. The molecule has 3 nitrogen and oxygen atoms in total. The molecule has 0 aromatic heterocycles. The maximum atomic E-state index is 12.5. The van der Waals surface area contributed by atoms with Crippen LogP contribution in [0.15, 0.2) is 12.7 Å². The summed E-state index contributed by atoms with van der Waals surface area (Å²) >= 11 is 0. The number of hydrogen-bond donors (Lipinski definition) is 0. The van der Waals surface area contributed by atoms with Crippen LogP contribution >= 0.6 is 0 Å². The Morgan fingerprint density at radius 3 is 2.94 bits per heavy atom. The van der Waals surface area contributed by atoms with Crippen molar-refractivity contribution in [1.82, 2.24) is 0 Å². The number of carbonyl (C=O) groups excluding carboxylic acids is 2. The molecule has 2 rings (SSSR count). The zero-order valence-corrected chi connectivity index (χ0v) is 10.6. The number of fused-ring (bicyclic) bond motifs is 2. The highest BCUT2D eigenvalue weighted by Gasteiger charge is 2.62. The lowest BCUT2D eigenvalue weighted by Crippen LogP contribution is -2.46. The largest absolute Gasteiger partial charge is 0.465 e. The van der Waals surface area contributed by atoms with Crippen LogP contribution in [0.2, 0.25) is 0 Å². The summed E-state index contributed by atoms with van der Waals surface area (Å²) in [5.41, 5.74) is -0.908. The molecular weight excluding hydrogens is 216 g/mol. The zero-order valence-electron chi connectivity index (χ0n) is 10.6. The van der Waals surface area contributed by atoms with Crippen molar-refractivity contribution < 1.29 is 14.3 Å². The fourth-order valence-electron chi connectivity index (χ4n) is 3.46. The number of ether oxygens (including phenoxy) is 1. The number of ketones is 1. The molecule has 2 saturated carbocycles. The van der Waals surface area contributed by atoms with Gasteiger partial charge in [0.05, 0.1) is 6.61 Å². The van der Waals surface area contributed by atoms with E-state index in [0.717, 1.165) is 12.8 Å². The Morgan fingerprint density at radius 1 is 1.65 bits per heavy atom. The van der Waals surface area contributed by atoms with Gasteiger partial charge < -0.3 is 4.74 Å². The van der Waals surface area contributed by atoms with Gasteiger partial charge in [0.2, 0.25) is 0 Å². The molecule has 17 heavy (non-hydrogen) atoms. The van der Waals surface area contributed by atoms with Gasteiger partial charge in [0.15, 0.2) is 5.78 Å². The second-order valence-corrected chi connectivity index (χ2v) is 5.26. The number of Topliss-reactive ketones (excluding diaryl/α,β-unsaturated/α-hetero) is 1. The molecule has 0 N–H and O–H groups in total. The van der Waals surface area contributed by atoms with Crippen molar-refractivity contribution in [1.29, 1.82) is 0 Å². The molecule has 0 aliphatic heterocycles. The normalized spacial score (nSPS) is 40.1. The Bertz CT molecular complexity index is 360. The number of rotatable bonds is 3. The summed E-state index contributed by atoms with van der Waals surface area (Å²) < 4.78 is 5.13. The summed E-state index contributed by atoms with van der Waals surface area (Å²) in [6.45, 7) is 8.00. The van der Waals surface area contributed by atoms with Crippen molar-refractivity contribution in [2.24, 2.45) is 23.2 Å². The van der Waals surface area contributed by atoms with E-state index in [1.54, 1.807) is 13.0 Å². The Morgan fingerprint density at radius 2 is 2.35 bits per heavy atom. The van der Waals surface area contributed by atoms with E-state index in [1.165, 1.54) is 0 Å². The second kappa shape index (κ2) is 4.28. The van der Waals surface area contributed by atoms with Gasteiger partial charge in [-0.15, -0.1) is 6.58 Å². The molecule has 2 fully saturated rings. The van der Waals surface area contributed by atoms with Gasteiger partial charge in [-0.05, 0) is 32.1 Å². The third-order valence-corrected chi connectivity index (χ3v) is 4.52. The molecule has 0 unspecified atom stereocenters. The van der Waals surface area contributed by atoms with Gasteiger partial charge in [-0.3, -0.25) is 9.59 Å². The molecule has 3 heteroatoms.